The number of hydrogen-bond donors (Lipinski definition) is 1. The summed E-state index contributed by atoms with van der Waals surface area (Å²) in [6.45, 7) is 3.56. The number of nitrogens with one attached hydrogen (secondary N) is 1. The minimum absolute atomic E-state index is 0. The van der Waals surface area contributed by atoms with Gasteiger partial charge in [-0.15, -0.1) is 12.4 Å². The van der Waals surface area contributed by atoms with Gasteiger partial charge in [-0.3, -0.25) is 0 Å². The SMILES string of the molecule is COCC1CCNCCO1.Cl. The van der Waals surface area contributed by atoms with E-state index >= 15 is 0 Å². The van der Waals surface area contributed by atoms with Gasteiger partial charge in [-0.1, -0.05) is 0 Å². The summed E-state index contributed by atoms with van der Waals surface area (Å²) in [6.07, 6.45) is 1.37. The lowest BCUT2D eigenvalue weighted by Gasteiger charge is -2.11. The first-order valence-corrected chi connectivity index (χ1v) is 3.74. The average Bonchev–Trinajstić information content (AvgIpc) is 2.17. The fourth-order valence-electron chi connectivity index (χ4n) is 1.09. The van der Waals surface area contributed by atoms with Crippen molar-refractivity contribution >= 4 is 12.4 Å². The highest BCUT2D eigenvalue weighted by Gasteiger charge is 2.10. The summed E-state index contributed by atoms with van der Waals surface area (Å²) in [6, 6.07) is 0. The Labute approximate surface area is 73.9 Å². The van der Waals surface area contributed by atoms with Crippen LogP contribution in [-0.4, -0.2) is 39.5 Å². The molecule has 1 atom stereocenters. The zero-order valence-corrected chi connectivity index (χ0v) is 7.65. The molecule has 4 heteroatoms. The monoisotopic (exact) mass is 181 g/mol. The van der Waals surface area contributed by atoms with Gasteiger partial charge in [-0.25, -0.2) is 0 Å². The van der Waals surface area contributed by atoms with Crippen LogP contribution in [0.3, 0.4) is 0 Å². The molecule has 1 unspecified atom stereocenters. The Balaban J connectivity index is 0.000001000. The predicted octanol–water partition coefficient (Wildman–Crippen LogP) is 0.433. The van der Waals surface area contributed by atoms with Gasteiger partial charge in [0.2, 0.25) is 0 Å². The summed E-state index contributed by atoms with van der Waals surface area (Å²) in [5.41, 5.74) is 0. The normalized spacial score (nSPS) is 25.4. The molecule has 1 N–H and O–H groups in total. The van der Waals surface area contributed by atoms with E-state index in [4.69, 9.17) is 9.47 Å². The first-order chi connectivity index (χ1) is 4.93. The van der Waals surface area contributed by atoms with E-state index < -0.39 is 0 Å². The van der Waals surface area contributed by atoms with Crippen LogP contribution in [0, 0.1) is 0 Å². The molecule has 0 bridgehead atoms. The second-order valence-electron chi connectivity index (χ2n) is 2.49. The van der Waals surface area contributed by atoms with Crippen molar-refractivity contribution in [3.8, 4) is 0 Å². The lowest BCUT2D eigenvalue weighted by atomic mass is 10.3. The number of ether oxygens (including phenoxy) is 2. The van der Waals surface area contributed by atoms with Crippen molar-refractivity contribution in [1.82, 2.24) is 5.32 Å². The van der Waals surface area contributed by atoms with E-state index in [0.29, 0.717) is 6.10 Å². The molecule has 11 heavy (non-hydrogen) atoms. The molecular weight excluding hydrogens is 166 g/mol. The molecule has 0 aromatic carbocycles. The highest BCUT2D eigenvalue weighted by atomic mass is 35.5. The van der Waals surface area contributed by atoms with Crippen LogP contribution in [0.1, 0.15) is 6.42 Å². The Bertz CT molecular complexity index is 84.5. The van der Waals surface area contributed by atoms with Gasteiger partial charge < -0.3 is 14.8 Å². The molecule has 3 nitrogen and oxygen atoms in total. The Morgan fingerprint density at radius 2 is 2.36 bits per heavy atom. The van der Waals surface area contributed by atoms with Gasteiger partial charge >= 0.3 is 0 Å². The quantitative estimate of drug-likeness (QED) is 0.671. The maximum absolute atomic E-state index is 5.46. The van der Waals surface area contributed by atoms with Crippen molar-refractivity contribution < 1.29 is 9.47 Å². The summed E-state index contributed by atoms with van der Waals surface area (Å²) in [4.78, 5) is 0. The largest absolute Gasteiger partial charge is 0.382 e. The van der Waals surface area contributed by atoms with Crippen LogP contribution in [-0.2, 0) is 9.47 Å². The van der Waals surface area contributed by atoms with Crippen LogP contribution >= 0.6 is 12.4 Å². The third-order valence-corrected chi connectivity index (χ3v) is 1.63. The number of rotatable bonds is 2. The topological polar surface area (TPSA) is 30.5 Å². The molecule has 0 aliphatic carbocycles. The minimum Gasteiger partial charge on any atom is -0.382 e. The molecule has 68 valence electrons. The maximum atomic E-state index is 5.46. The van der Waals surface area contributed by atoms with Crippen LogP contribution in [0.15, 0.2) is 0 Å². The Hall–Kier alpha value is 0.170. The number of methoxy groups -OCH3 is 1. The van der Waals surface area contributed by atoms with Gasteiger partial charge in [-0.2, -0.15) is 0 Å². The lowest BCUT2D eigenvalue weighted by molar-refractivity contribution is 0.00593. The van der Waals surface area contributed by atoms with Crippen LogP contribution in [0.4, 0.5) is 0 Å². The lowest BCUT2D eigenvalue weighted by Crippen LogP contribution is -2.19. The van der Waals surface area contributed by atoms with Gasteiger partial charge in [0.25, 0.3) is 0 Å². The van der Waals surface area contributed by atoms with Crippen LogP contribution in [0.5, 0.6) is 0 Å². The van der Waals surface area contributed by atoms with Crippen LogP contribution < -0.4 is 5.32 Å². The van der Waals surface area contributed by atoms with Crippen molar-refractivity contribution in [2.45, 2.75) is 12.5 Å². The van der Waals surface area contributed by atoms with Crippen LogP contribution in [0.25, 0.3) is 0 Å². The number of hydrogen-bond acceptors (Lipinski definition) is 3. The summed E-state index contributed by atoms with van der Waals surface area (Å²) in [5.74, 6) is 0. The van der Waals surface area contributed by atoms with Crippen molar-refractivity contribution in [2.75, 3.05) is 33.4 Å². The molecule has 0 saturated carbocycles. The zero-order chi connectivity index (χ0) is 7.23. The van der Waals surface area contributed by atoms with E-state index in [1.165, 1.54) is 0 Å². The summed E-state index contributed by atoms with van der Waals surface area (Å²) in [7, 11) is 1.71. The van der Waals surface area contributed by atoms with Gasteiger partial charge in [0.15, 0.2) is 0 Å². The molecule has 1 heterocycles. The zero-order valence-electron chi connectivity index (χ0n) is 6.84. The average molecular weight is 182 g/mol. The molecule has 0 aromatic rings. The fourth-order valence-corrected chi connectivity index (χ4v) is 1.09. The summed E-state index contributed by atoms with van der Waals surface area (Å²) >= 11 is 0. The first-order valence-electron chi connectivity index (χ1n) is 3.74. The Kier molecular flexibility index (Phi) is 6.96. The highest BCUT2D eigenvalue weighted by molar-refractivity contribution is 5.85. The molecule has 1 rings (SSSR count). The molecule has 1 aliphatic heterocycles. The second kappa shape index (κ2) is 6.85. The third kappa shape index (κ3) is 4.58. The molecular formula is C7H16ClNO2. The molecule has 1 fully saturated rings. The molecule has 0 aromatic heterocycles. The number of halogens is 1. The predicted molar refractivity (Wildman–Crippen MR) is 46.4 cm³/mol. The Morgan fingerprint density at radius 3 is 3.09 bits per heavy atom. The van der Waals surface area contributed by atoms with Gasteiger partial charge in [0.1, 0.15) is 0 Å². The van der Waals surface area contributed by atoms with E-state index in [-0.39, 0.29) is 12.4 Å². The summed E-state index contributed by atoms with van der Waals surface area (Å²) < 4.78 is 10.4. The van der Waals surface area contributed by atoms with E-state index in [0.717, 1.165) is 32.7 Å². The van der Waals surface area contributed by atoms with Gasteiger partial charge in [0, 0.05) is 13.7 Å². The standard InChI is InChI=1S/C7H15NO2.ClH/c1-9-6-7-2-3-8-4-5-10-7;/h7-8H,2-6H2,1H3;1H. The molecule has 0 spiro atoms. The van der Waals surface area contributed by atoms with Gasteiger partial charge in [-0.05, 0) is 13.0 Å². The molecule has 0 amide bonds. The maximum Gasteiger partial charge on any atom is 0.0821 e. The smallest absolute Gasteiger partial charge is 0.0821 e. The Morgan fingerprint density at radius 1 is 1.55 bits per heavy atom. The van der Waals surface area contributed by atoms with Crippen molar-refractivity contribution in [1.29, 1.82) is 0 Å². The van der Waals surface area contributed by atoms with E-state index in [9.17, 15) is 0 Å². The van der Waals surface area contributed by atoms with E-state index in [2.05, 4.69) is 5.32 Å². The molecule has 0 radical (unpaired) electrons. The molecule has 1 aliphatic rings. The summed E-state index contributed by atoms with van der Waals surface area (Å²) in [5, 5.41) is 3.26. The van der Waals surface area contributed by atoms with E-state index in [1.807, 2.05) is 0 Å². The van der Waals surface area contributed by atoms with Gasteiger partial charge in [0.05, 0.1) is 19.3 Å². The second-order valence-corrected chi connectivity index (χ2v) is 2.49. The van der Waals surface area contributed by atoms with Crippen molar-refractivity contribution in [3.05, 3.63) is 0 Å². The van der Waals surface area contributed by atoms with Crippen molar-refractivity contribution in [3.63, 3.8) is 0 Å². The van der Waals surface area contributed by atoms with E-state index in [1.54, 1.807) is 7.11 Å². The van der Waals surface area contributed by atoms with Crippen LogP contribution in [0.2, 0.25) is 0 Å². The van der Waals surface area contributed by atoms with Crippen molar-refractivity contribution in [2.24, 2.45) is 0 Å². The molecule has 1 saturated heterocycles. The first kappa shape index (κ1) is 11.2. The third-order valence-electron chi connectivity index (χ3n) is 1.63. The fraction of sp³-hybridized carbons (Fsp3) is 1.00. The minimum atomic E-state index is 0. The highest BCUT2D eigenvalue weighted by Crippen LogP contribution is 2.00.